The number of amides is 2. The highest BCUT2D eigenvalue weighted by Crippen LogP contribution is 2.26. The number of rotatable bonds is 5. The van der Waals surface area contributed by atoms with Crippen LogP contribution in [0.25, 0.3) is 10.4 Å². The number of alkyl carbamates (subject to hydrolysis) is 2. The van der Waals surface area contributed by atoms with Crippen molar-refractivity contribution in [2.75, 3.05) is 0 Å². The van der Waals surface area contributed by atoms with E-state index in [2.05, 4.69) is 20.7 Å². The van der Waals surface area contributed by atoms with Crippen LogP contribution in [0.5, 0.6) is 0 Å². The second-order valence-corrected chi connectivity index (χ2v) is 9.30. The van der Waals surface area contributed by atoms with Gasteiger partial charge < -0.3 is 20.1 Å². The summed E-state index contributed by atoms with van der Waals surface area (Å²) in [4.78, 5) is 27.2. The van der Waals surface area contributed by atoms with Crippen LogP contribution in [0.3, 0.4) is 0 Å². The molecule has 0 aliphatic rings. The Hall–Kier alpha value is -2.15. The summed E-state index contributed by atoms with van der Waals surface area (Å²) >= 11 is 0. The minimum Gasteiger partial charge on any atom is -0.444 e. The Morgan fingerprint density at radius 1 is 0.808 bits per heavy atom. The number of nitrogens with one attached hydrogen (secondary N) is 2. The molecule has 2 amide bonds. The lowest BCUT2D eigenvalue weighted by atomic mass is 9.81. The number of hydrogen-bond donors (Lipinski definition) is 2. The van der Waals surface area contributed by atoms with Gasteiger partial charge in [0.1, 0.15) is 11.2 Å². The quantitative estimate of drug-likeness (QED) is 0.425. The van der Waals surface area contributed by atoms with Crippen molar-refractivity contribution in [3.05, 3.63) is 10.4 Å². The Morgan fingerprint density at radius 2 is 1.12 bits per heavy atom. The van der Waals surface area contributed by atoms with Crippen LogP contribution in [-0.2, 0) is 9.47 Å². The molecule has 26 heavy (non-hydrogen) atoms. The first-order chi connectivity index (χ1) is 11.4. The standard InChI is InChI=1S/C17H33N5O4/c1-14(2,3)25-12(23)19-16(7,8)11(21-22-18)17(9,10)20-13(24)26-15(4,5)6/h11H,1-10H3,(H,19,23)(H,20,24). The van der Waals surface area contributed by atoms with Crippen LogP contribution >= 0.6 is 0 Å². The minimum atomic E-state index is -1.01. The molecular formula is C17H33N5O4. The predicted octanol–water partition coefficient (Wildman–Crippen LogP) is 4.27. The van der Waals surface area contributed by atoms with Gasteiger partial charge >= 0.3 is 12.2 Å². The molecule has 0 aromatic rings. The van der Waals surface area contributed by atoms with Crippen molar-refractivity contribution in [2.24, 2.45) is 5.11 Å². The molecule has 2 N–H and O–H groups in total. The summed E-state index contributed by atoms with van der Waals surface area (Å²) in [5.41, 5.74) is 5.62. The van der Waals surface area contributed by atoms with Crippen LogP contribution < -0.4 is 10.6 Å². The van der Waals surface area contributed by atoms with E-state index in [9.17, 15) is 9.59 Å². The van der Waals surface area contributed by atoms with Gasteiger partial charge in [-0.2, -0.15) is 0 Å². The average molecular weight is 371 g/mol. The van der Waals surface area contributed by atoms with E-state index in [-0.39, 0.29) is 0 Å². The monoisotopic (exact) mass is 371 g/mol. The fourth-order valence-electron chi connectivity index (χ4n) is 2.51. The SMILES string of the molecule is CC(C)(C)OC(=O)NC(C)(C)C(N=[N+]=[N-])C(C)(C)NC(=O)OC(C)(C)C. The summed E-state index contributed by atoms with van der Waals surface area (Å²) in [6.45, 7) is 17.2. The molecule has 0 aromatic carbocycles. The summed E-state index contributed by atoms with van der Waals surface area (Å²) in [6.07, 6.45) is -1.29. The number of nitrogens with zero attached hydrogens (tertiary/aromatic N) is 3. The summed E-state index contributed by atoms with van der Waals surface area (Å²) in [7, 11) is 0. The van der Waals surface area contributed by atoms with Gasteiger partial charge in [0.25, 0.3) is 0 Å². The molecule has 0 bridgehead atoms. The lowest BCUT2D eigenvalue weighted by Gasteiger charge is -2.42. The maximum atomic E-state index is 12.1. The number of ether oxygens (including phenoxy) is 2. The third kappa shape index (κ3) is 8.80. The van der Waals surface area contributed by atoms with Crippen LogP contribution in [0.1, 0.15) is 69.2 Å². The van der Waals surface area contributed by atoms with E-state index < -0.39 is 40.5 Å². The lowest BCUT2D eigenvalue weighted by molar-refractivity contribution is 0.0388. The minimum absolute atomic E-state index is 0.645. The van der Waals surface area contributed by atoms with Crippen LogP contribution in [0.2, 0.25) is 0 Å². The molecule has 9 heteroatoms. The van der Waals surface area contributed by atoms with E-state index in [1.54, 1.807) is 69.2 Å². The van der Waals surface area contributed by atoms with Gasteiger partial charge in [-0.15, -0.1) is 0 Å². The van der Waals surface area contributed by atoms with Crippen molar-refractivity contribution < 1.29 is 19.1 Å². The molecular weight excluding hydrogens is 338 g/mol. The summed E-state index contributed by atoms with van der Waals surface area (Å²) in [5, 5.41) is 9.22. The molecule has 0 rings (SSSR count). The molecule has 0 spiro atoms. The molecule has 0 saturated carbocycles. The molecule has 0 heterocycles. The Kier molecular flexibility index (Phi) is 7.37. The number of azide groups is 1. The molecule has 0 saturated heterocycles. The fourth-order valence-corrected chi connectivity index (χ4v) is 2.51. The maximum absolute atomic E-state index is 12.1. The van der Waals surface area contributed by atoms with Crippen molar-refractivity contribution in [3.8, 4) is 0 Å². The predicted molar refractivity (Wildman–Crippen MR) is 99.8 cm³/mol. The van der Waals surface area contributed by atoms with Gasteiger partial charge in [0.05, 0.1) is 6.04 Å². The van der Waals surface area contributed by atoms with E-state index in [4.69, 9.17) is 15.0 Å². The molecule has 150 valence electrons. The van der Waals surface area contributed by atoms with Crippen molar-refractivity contribution in [3.63, 3.8) is 0 Å². The molecule has 0 aliphatic carbocycles. The second kappa shape index (κ2) is 8.03. The van der Waals surface area contributed by atoms with E-state index in [1.807, 2.05) is 0 Å². The zero-order valence-electron chi connectivity index (χ0n) is 17.6. The van der Waals surface area contributed by atoms with Gasteiger partial charge in [0.15, 0.2) is 0 Å². The largest absolute Gasteiger partial charge is 0.444 e. The Labute approximate surface area is 155 Å². The van der Waals surface area contributed by atoms with Gasteiger partial charge in [-0.3, -0.25) is 0 Å². The Morgan fingerprint density at radius 3 is 1.35 bits per heavy atom. The first-order valence-corrected chi connectivity index (χ1v) is 8.46. The third-order valence-electron chi connectivity index (χ3n) is 3.18. The van der Waals surface area contributed by atoms with Crippen molar-refractivity contribution in [2.45, 2.75) is 97.6 Å². The van der Waals surface area contributed by atoms with E-state index in [0.29, 0.717) is 0 Å². The first-order valence-electron chi connectivity index (χ1n) is 8.46. The summed E-state index contributed by atoms with van der Waals surface area (Å²) < 4.78 is 10.5. The fraction of sp³-hybridized carbons (Fsp3) is 0.882. The molecule has 0 unspecified atom stereocenters. The topological polar surface area (TPSA) is 125 Å². The van der Waals surface area contributed by atoms with Crippen molar-refractivity contribution >= 4 is 12.2 Å². The van der Waals surface area contributed by atoms with Gasteiger partial charge in [-0.05, 0) is 74.8 Å². The Balaban J connectivity index is 5.43. The van der Waals surface area contributed by atoms with E-state index in [0.717, 1.165) is 0 Å². The van der Waals surface area contributed by atoms with Gasteiger partial charge in [-0.1, -0.05) is 5.11 Å². The molecule has 0 aromatic heterocycles. The lowest BCUT2D eigenvalue weighted by Crippen LogP contribution is -2.64. The molecule has 9 nitrogen and oxygen atoms in total. The van der Waals surface area contributed by atoms with Crippen LogP contribution in [0, 0.1) is 0 Å². The molecule has 0 atom stereocenters. The van der Waals surface area contributed by atoms with E-state index >= 15 is 0 Å². The van der Waals surface area contributed by atoms with Crippen LogP contribution in [0.15, 0.2) is 5.11 Å². The highest BCUT2D eigenvalue weighted by atomic mass is 16.6. The zero-order valence-corrected chi connectivity index (χ0v) is 17.6. The molecule has 0 radical (unpaired) electrons. The summed E-state index contributed by atoms with van der Waals surface area (Å²) in [6, 6.07) is -0.819. The van der Waals surface area contributed by atoms with Crippen LogP contribution in [-0.4, -0.2) is 40.5 Å². The molecule has 0 fully saturated rings. The molecule has 0 aliphatic heterocycles. The third-order valence-corrected chi connectivity index (χ3v) is 3.18. The van der Waals surface area contributed by atoms with Gasteiger partial charge in [0, 0.05) is 16.0 Å². The zero-order chi connectivity index (χ0) is 21.0. The number of carbonyl (C=O) groups is 2. The van der Waals surface area contributed by atoms with Gasteiger partial charge in [-0.25, -0.2) is 9.59 Å². The highest BCUT2D eigenvalue weighted by Gasteiger charge is 2.43. The van der Waals surface area contributed by atoms with E-state index in [1.165, 1.54) is 0 Å². The van der Waals surface area contributed by atoms with Crippen molar-refractivity contribution in [1.82, 2.24) is 10.6 Å². The normalized spacial score (nSPS) is 12.9. The first kappa shape index (κ1) is 23.9. The number of carbonyl (C=O) groups excluding carboxylic acids is 2. The highest BCUT2D eigenvalue weighted by molar-refractivity contribution is 5.70. The maximum Gasteiger partial charge on any atom is 0.408 e. The smallest absolute Gasteiger partial charge is 0.408 e. The average Bonchev–Trinajstić information content (AvgIpc) is 2.28. The van der Waals surface area contributed by atoms with Crippen LogP contribution in [0.4, 0.5) is 9.59 Å². The van der Waals surface area contributed by atoms with Crippen molar-refractivity contribution in [1.29, 1.82) is 0 Å². The Bertz CT molecular complexity index is 525. The van der Waals surface area contributed by atoms with Gasteiger partial charge in [0.2, 0.25) is 0 Å². The second-order valence-electron chi connectivity index (χ2n) is 9.30. The number of hydrogen-bond acceptors (Lipinski definition) is 5. The summed E-state index contributed by atoms with van der Waals surface area (Å²) in [5.74, 6) is 0.